The summed E-state index contributed by atoms with van der Waals surface area (Å²) < 4.78 is 1.72. The summed E-state index contributed by atoms with van der Waals surface area (Å²) in [6, 6.07) is 20.5. The molecule has 2 heterocycles. The zero-order valence-electron chi connectivity index (χ0n) is 15.2. The van der Waals surface area contributed by atoms with E-state index in [0.717, 1.165) is 38.3 Å². The quantitative estimate of drug-likeness (QED) is 0.700. The van der Waals surface area contributed by atoms with E-state index in [1.807, 2.05) is 41.3 Å². The van der Waals surface area contributed by atoms with Crippen LogP contribution in [0.2, 0.25) is 0 Å². The molecule has 1 amide bonds. The van der Waals surface area contributed by atoms with Gasteiger partial charge in [-0.15, -0.1) is 5.10 Å². The third kappa shape index (κ3) is 4.41. The van der Waals surface area contributed by atoms with Gasteiger partial charge in [-0.1, -0.05) is 65.9 Å². The number of amides is 1. The molecule has 4 rings (SSSR count). The highest BCUT2D eigenvalue weighted by molar-refractivity contribution is 5.92. The lowest BCUT2D eigenvalue weighted by molar-refractivity contribution is 0.0622. The second kappa shape index (κ2) is 8.14. The van der Waals surface area contributed by atoms with Crippen molar-refractivity contribution in [3.05, 3.63) is 83.7 Å². The first-order valence-electron chi connectivity index (χ1n) is 9.27. The van der Waals surface area contributed by atoms with Crippen molar-refractivity contribution in [1.82, 2.24) is 24.8 Å². The molecule has 3 aromatic rings. The number of aromatic nitrogens is 3. The van der Waals surface area contributed by atoms with Gasteiger partial charge >= 0.3 is 0 Å². The minimum absolute atomic E-state index is 0.0336. The molecular weight excluding hydrogens is 338 g/mol. The topological polar surface area (TPSA) is 54.3 Å². The van der Waals surface area contributed by atoms with E-state index in [2.05, 4.69) is 39.5 Å². The van der Waals surface area contributed by atoms with Gasteiger partial charge in [0.1, 0.15) is 0 Å². The Bertz CT molecular complexity index is 870. The molecule has 6 heteroatoms. The summed E-state index contributed by atoms with van der Waals surface area (Å²) in [4.78, 5) is 17.0. The van der Waals surface area contributed by atoms with Crippen molar-refractivity contribution < 1.29 is 4.79 Å². The molecule has 0 bridgehead atoms. The molecule has 138 valence electrons. The van der Waals surface area contributed by atoms with Gasteiger partial charge in [-0.2, -0.15) is 0 Å². The van der Waals surface area contributed by atoms with E-state index in [1.54, 1.807) is 10.9 Å². The summed E-state index contributed by atoms with van der Waals surface area (Å²) in [6.45, 7) is 4.73. The second-order valence-electron chi connectivity index (χ2n) is 6.84. The van der Waals surface area contributed by atoms with Gasteiger partial charge in [-0.3, -0.25) is 9.69 Å². The fourth-order valence-corrected chi connectivity index (χ4v) is 3.36. The molecule has 0 spiro atoms. The molecule has 0 unspecified atom stereocenters. The number of piperazine rings is 1. The van der Waals surface area contributed by atoms with E-state index >= 15 is 0 Å². The summed E-state index contributed by atoms with van der Waals surface area (Å²) in [5, 5.41) is 8.19. The van der Waals surface area contributed by atoms with E-state index in [9.17, 15) is 4.79 Å². The number of hydrogen-bond donors (Lipinski definition) is 0. The van der Waals surface area contributed by atoms with Crippen LogP contribution in [-0.2, 0) is 13.1 Å². The van der Waals surface area contributed by atoms with E-state index < -0.39 is 0 Å². The van der Waals surface area contributed by atoms with Gasteiger partial charge in [0.05, 0.1) is 12.7 Å². The molecule has 1 aliphatic rings. The van der Waals surface area contributed by atoms with Gasteiger partial charge in [0.15, 0.2) is 5.69 Å². The Hall–Kier alpha value is -2.99. The fraction of sp³-hybridized carbons (Fsp3) is 0.286. The predicted molar refractivity (Wildman–Crippen MR) is 103 cm³/mol. The number of carbonyl (C=O) groups excluding carboxylic acids is 1. The molecule has 2 aromatic carbocycles. The van der Waals surface area contributed by atoms with Crippen LogP contribution in [0.5, 0.6) is 0 Å². The number of carbonyl (C=O) groups is 1. The van der Waals surface area contributed by atoms with Gasteiger partial charge in [0.2, 0.25) is 0 Å². The molecule has 27 heavy (non-hydrogen) atoms. The summed E-state index contributed by atoms with van der Waals surface area (Å²) in [5.74, 6) is -0.0336. The van der Waals surface area contributed by atoms with Crippen LogP contribution in [0.15, 0.2) is 66.9 Å². The Kier molecular flexibility index (Phi) is 5.25. The number of benzene rings is 2. The highest BCUT2D eigenvalue weighted by atomic mass is 16.2. The second-order valence-corrected chi connectivity index (χ2v) is 6.84. The van der Waals surface area contributed by atoms with Gasteiger partial charge in [0.25, 0.3) is 5.91 Å². The molecule has 0 aliphatic carbocycles. The molecule has 0 atom stereocenters. The van der Waals surface area contributed by atoms with Crippen molar-refractivity contribution in [2.24, 2.45) is 0 Å². The molecule has 0 radical (unpaired) electrons. The first-order valence-corrected chi connectivity index (χ1v) is 9.27. The summed E-state index contributed by atoms with van der Waals surface area (Å²) in [5.41, 5.74) is 2.86. The highest BCUT2D eigenvalue weighted by Crippen LogP contribution is 2.11. The normalized spacial score (nSPS) is 15.0. The van der Waals surface area contributed by atoms with E-state index in [0.29, 0.717) is 12.2 Å². The Morgan fingerprint density at radius 3 is 2.04 bits per heavy atom. The van der Waals surface area contributed by atoms with Crippen LogP contribution in [0.4, 0.5) is 0 Å². The van der Waals surface area contributed by atoms with Crippen molar-refractivity contribution in [3.8, 4) is 0 Å². The first kappa shape index (κ1) is 17.4. The van der Waals surface area contributed by atoms with Crippen molar-refractivity contribution in [1.29, 1.82) is 0 Å². The minimum Gasteiger partial charge on any atom is -0.335 e. The molecule has 6 nitrogen and oxygen atoms in total. The minimum atomic E-state index is -0.0336. The molecule has 1 aliphatic heterocycles. The van der Waals surface area contributed by atoms with Crippen molar-refractivity contribution in [2.45, 2.75) is 13.1 Å². The summed E-state index contributed by atoms with van der Waals surface area (Å²) >= 11 is 0. The highest BCUT2D eigenvalue weighted by Gasteiger charge is 2.24. The SMILES string of the molecule is O=C(c1cn(Cc2ccccc2)nn1)N1CCN(Cc2ccccc2)CC1. The Morgan fingerprint density at radius 2 is 1.41 bits per heavy atom. The zero-order chi connectivity index (χ0) is 18.5. The van der Waals surface area contributed by atoms with Gasteiger partial charge < -0.3 is 4.90 Å². The van der Waals surface area contributed by atoms with Gasteiger partial charge in [-0.05, 0) is 11.1 Å². The average Bonchev–Trinajstić information content (AvgIpc) is 3.18. The van der Waals surface area contributed by atoms with Crippen molar-refractivity contribution >= 4 is 5.91 Å². The maximum Gasteiger partial charge on any atom is 0.276 e. The predicted octanol–water partition coefficient (Wildman–Crippen LogP) is 2.28. The lowest BCUT2D eigenvalue weighted by Gasteiger charge is -2.34. The monoisotopic (exact) mass is 361 g/mol. The van der Waals surface area contributed by atoms with Crippen LogP contribution in [0, 0.1) is 0 Å². The van der Waals surface area contributed by atoms with E-state index in [-0.39, 0.29) is 5.91 Å². The summed E-state index contributed by atoms with van der Waals surface area (Å²) in [6.07, 6.45) is 1.74. The lowest BCUT2D eigenvalue weighted by Crippen LogP contribution is -2.48. The number of nitrogens with zero attached hydrogens (tertiary/aromatic N) is 5. The van der Waals surface area contributed by atoms with E-state index in [1.165, 1.54) is 5.56 Å². The summed E-state index contributed by atoms with van der Waals surface area (Å²) in [7, 11) is 0. The van der Waals surface area contributed by atoms with Crippen LogP contribution < -0.4 is 0 Å². The number of rotatable bonds is 5. The largest absolute Gasteiger partial charge is 0.335 e. The third-order valence-electron chi connectivity index (χ3n) is 4.85. The van der Waals surface area contributed by atoms with Crippen LogP contribution in [0.3, 0.4) is 0 Å². The maximum atomic E-state index is 12.7. The lowest BCUT2D eigenvalue weighted by atomic mass is 10.2. The van der Waals surface area contributed by atoms with Crippen LogP contribution in [0.25, 0.3) is 0 Å². The zero-order valence-corrected chi connectivity index (χ0v) is 15.2. The Labute approximate surface area is 159 Å². The van der Waals surface area contributed by atoms with E-state index in [4.69, 9.17) is 0 Å². The van der Waals surface area contributed by atoms with Gasteiger partial charge in [0, 0.05) is 32.7 Å². The smallest absolute Gasteiger partial charge is 0.276 e. The van der Waals surface area contributed by atoms with Gasteiger partial charge in [-0.25, -0.2) is 4.68 Å². The molecule has 1 saturated heterocycles. The molecule has 1 fully saturated rings. The molecule has 1 aromatic heterocycles. The molecule has 0 N–H and O–H groups in total. The van der Waals surface area contributed by atoms with Crippen LogP contribution >= 0.6 is 0 Å². The molecular formula is C21H23N5O. The Balaban J connectivity index is 1.32. The first-order chi connectivity index (χ1) is 13.3. The van der Waals surface area contributed by atoms with Crippen LogP contribution in [0.1, 0.15) is 21.6 Å². The van der Waals surface area contributed by atoms with Crippen molar-refractivity contribution in [3.63, 3.8) is 0 Å². The van der Waals surface area contributed by atoms with Crippen LogP contribution in [-0.4, -0.2) is 56.9 Å². The average molecular weight is 361 g/mol. The standard InChI is InChI=1S/C21H23N5O/c27-21(20-17-26(23-22-20)16-19-9-5-2-6-10-19)25-13-11-24(12-14-25)15-18-7-3-1-4-8-18/h1-10,17H,11-16H2. The molecule has 0 saturated carbocycles. The fourth-order valence-electron chi connectivity index (χ4n) is 3.36. The van der Waals surface area contributed by atoms with Crippen molar-refractivity contribution in [2.75, 3.05) is 26.2 Å². The third-order valence-corrected chi connectivity index (χ3v) is 4.85. The number of hydrogen-bond acceptors (Lipinski definition) is 4. The Morgan fingerprint density at radius 1 is 0.815 bits per heavy atom. The maximum absolute atomic E-state index is 12.7.